The Kier molecular flexibility index (Phi) is 5.15. The highest BCUT2D eigenvalue weighted by molar-refractivity contribution is 6.30. The van der Waals surface area contributed by atoms with Crippen LogP contribution in [0.4, 0.5) is 5.69 Å². The highest BCUT2D eigenvalue weighted by Gasteiger charge is 2.54. The van der Waals surface area contributed by atoms with Crippen molar-refractivity contribution < 1.29 is 9.59 Å². The number of anilines is 1. The van der Waals surface area contributed by atoms with E-state index in [1.54, 1.807) is 12.1 Å². The number of carbonyl (C=O) groups excluding carboxylic acids is 2. The summed E-state index contributed by atoms with van der Waals surface area (Å²) in [6.45, 7) is 2.01. The molecule has 0 bridgehead atoms. The van der Waals surface area contributed by atoms with E-state index in [9.17, 15) is 9.59 Å². The number of hydrogen-bond acceptors (Lipinski definition) is 2. The summed E-state index contributed by atoms with van der Waals surface area (Å²) in [4.78, 5) is 24.8. The smallest absolute Gasteiger partial charge is 0.251 e. The molecule has 0 aromatic heterocycles. The van der Waals surface area contributed by atoms with Gasteiger partial charge in [-0.15, -0.1) is 0 Å². The van der Waals surface area contributed by atoms with Crippen LogP contribution in [0.1, 0.15) is 43.0 Å². The fourth-order valence-electron chi connectivity index (χ4n) is 4.69. The molecule has 0 saturated heterocycles. The Morgan fingerprint density at radius 2 is 1.64 bits per heavy atom. The number of benzene rings is 2. The predicted molar refractivity (Wildman–Crippen MR) is 111 cm³/mol. The molecule has 2 aromatic rings. The SMILES string of the molecule is CC(C(=O)Nc1ccc(Cl)cc1)C1CC2(CC(NC(=O)c3ccccc3)C2)C1. The first kappa shape index (κ1) is 19.0. The van der Waals surface area contributed by atoms with Gasteiger partial charge in [-0.1, -0.05) is 36.7 Å². The van der Waals surface area contributed by atoms with Gasteiger partial charge in [-0.25, -0.2) is 0 Å². The first-order valence-corrected chi connectivity index (χ1v) is 10.2. The van der Waals surface area contributed by atoms with E-state index < -0.39 is 0 Å². The summed E-state index contributed by atoms with van der Waals surface area (Å²) in [7, 11) is 0. The van der Waals surface area contributed by atoms with Gasteiger partial charge in [0.1, 0.15) is 0 Å². The zero-order chi connectivity index (χ0) is 19.7. The lowest BCUT2D eigenvalue weighted by atomic mass is 9.48. The van der Waals surface area contributed by atoms with E-state index in [0.29, 0.717) is 21.9 Å². The van der Waals surface area contributed by atoms with Crippen molar-refractivity contribution in [2.75, 3.05) is 5.32 Å². The highest BCUT2D eigenvalue weighted by Crippen LogP contribution is 2.60. The van der Waals surface area contributed by atoms with E-state index in [1.165, 1.54) is 0 Å². The second-order valence-corrected chi connectivity index (χ2v) is 8.83. The third kappa shape index (κ3) is 3.93. The van der Waals surface area contributed by atoms with E-state index >= 15 is 0 Å². The molecule has 0 aliphatic heterocycles. The summed E-state index contributed by atoms with van der Waals surface area (Å²) in [6.07, 6.45) is 4.18. The van der Waals surface area contributed by atoms with Crippen molar-refractivity contribution in [2.24, 2.45) is 17.3 Å². The number of amides is 2. The molecule has 1 atom stereocenters. The molecule has 4 rings (SSSR count). The van der Waals surface area contributed by atoms with Gasteiger partial charge >= 0.3 is 0 Å². The third-order valence-corrected chi connectivity index (χ3v) is 6.60. The molecule has 146 valence electrons. The lowest BCUT2D eigenvalue weighted by Crippen LogP contribution is -2.57. The molecule has 2 aliphatic rings. The third-order valence-electron chi connectivity index (χ3n) is 6.35. The zero-order valence-electron chi connectivity index (χ0n) is 16.0. The Morgan fingerprint density at radius 1 is 1.00 bits per heavy atom. The molecule has 28 heavy (non-hydrogen) atoms. The molecule has 2 fully saturated rings. The molecule has 1 spiro atoms. The fraction of sp³-hybridized carbons (Fsp3) is 0.391. The van der Waals surface area contributed by atoms with Gasteiger partial charge < -0.3 is 10.6 Å². The molecule has 2 N–H and O–H groups in total. The minimum absolute atomic E-state index is 0.00651. The largest absolute Gasteiger partial charge is 0.349 e. The lowest BCUT2D eigenvalue weighted by molar-refractivity contribution is -0.128. The molecule has 1 unspecified atom stereocenters. The van der Waals surface area contributed by atoms with Crippen LogP contribution in [0.25, 0.3) is 0 Å². The number of hydrogen-bond donors (Lipinski definition) is 2. The Labute approximate surface area is 170 Å². The van der Waals surface area contributed by atoms with Gasteiger partial charge in [-0.2, -0.15) is 0 Å². The molecule has 4 nitrogen and oxygen atoms in total. The van der Waals surface area contributed by atoms with E-state index in [4.69, 9.17) is 11.6 Å². The van der Waals surface area contributed by atoms with Crippen LogP contribution in [-0.2, 0) is 4.79 Å². The Balaban J connectivity index is 1.22. The molecule has 2 aliphatic carbocycles. The highest BCUT2D eigenvalue weighted by atomic mass is 35.5. The minimum Gasteiger partial charge on any atom is -0.349 e. The van der Waals surface area contributed by atoms with Crippen LogP contribution in [-0.4, -0.2) is 17.9 Å². The molecule has 5 heteroatoms. The van der Waals surface area contributed by atoms with E-state index in [-0.39, 0.29) is 23.8 Å². The standard InChI is InChI=1S/C23H25ClN2O2/c1-15(21(27)25-19-9-7-18(24)8-10-19)17-11-23(12-17)13-20(14-23)26-22(28)16-5-3-2-4-6-16/h2-10,15,17,20H,11-14H2,1H3,(H,25,27)(H,26,28). The van der Waals surface area contributed by atoms with Gasteiger partial charge in [0, 0.05) is 28.2 Å². The fourth-order valence-corrected chi connectivity index (χ4v) is 4.81. The molecule has 2 aromatic carbocycles. The summed E-state index contributed by atoms with van der Waals surface area (Å²) in [6, 6.07) is 16.8. The van der Waals surface area contributed by atoms with Crippen LogP contribution >= 0.6 is 11.6 Å². The second kappa shape index (κ2) is 7.59. The maximum Gasteiger partial charge on any atom is 0.251 e. The quantitative estimate of drug-likeness (QED) is 0.754. The van der Waals surface area contributed by atoms with Gasteiger partial charge in [-0.3, -0.25) is 9.59 Å². The Bertz CT molecular complexity index is 852. The number of halogens is 1. The minimum atomic E-state index is -0.0146. The summed E-state index contributed by atoms with van der Waals surface area (Å²) in [5.41, 5.74) is 1.82. The van der Waals surface area contributed by atoms with Crippen LogP contribution in [0.15, 0.2) is 54.6 Å². The summed E-state index contributed by atoms with van der Waals surface area (Å²) >= 11 is 5.89. The first-order chi connectivity index (χ1) is 13.4. The van der Waals surface area contributed by atoms with E-state index in [1.807, 2.05) is 49.4 Å². The van der Waals surface area contributed by atoms with E-state index in [0.717, 1.165) is 31.4 Å². The lowest BCUT2D eigenvalue weighted by Gasteiger charge is -2.59. The van der Waals surface area contributed by atoms with Crippen LogP contribution in [0, 0.1) is 17.3 Å². The maximum absolute atomic E-state index is 12.5. The maximum atomic E-state index is 12.5. The number of carbonyl (C=O) groups is 2. The van der Waals surface area contributed by atoms with Crippen molar-refractivity contribution >= 4 is 29.1 Å². The molecular formula is C23H25ClN2O2. The van der Waals surface area contributed by atoms with Crippen molar-refractivity contribution in [2.45, 2.75) is 38.6 Å². The van der Waals surface area contributed by atoms with Gasteiger partial charge in [0.15, 0.2) is 0 Å². The normalized spacial score (nSPS) is 26.6. The van der Waals surface area contributed by atoms with Crippen LogP contribution < -0.4 is 10.6 Å². The van der Waals surface area contributed by atoms with Crippen molar-refractivity contribution in [1.29, 1.82) is 0 Å². The Morgan fingerprint density at radius 3 is 2.29 bits per heavy atom. The van der Waals surface area contributed by atoms with Gasteiger partial charge in [0.2, 0.25) is 5.91 Å². The average molecular weight is 397 g/mol. The van der Waals surface area contributed by atoms with Crippen LogP contribution in [0.2, 0.25) is 5.02 Å². The first-order valence-electron chi connectivity index (χ1n) is 9.86. The summed E-state index contributed by atoms with van der Waals surface area (Å²) in [5.74, 6) is 0.472. The van der Waals surface area contributed by atoms with Gasteiger partial charge in [0.05, 0.1) is 0 Å². The summed E-state index contributed by atoms with van der Waals surface area (Å²) in [5, 5.41) is 6.77. The molecular weight excluding hydrogens is 372 g/mol. The van der Waals surface area contributed by atoms with Crippen molar-refractivity contribution in [3.05, 3.63) is 65.2 Å². The van der Waals surface area contributed by atoms with Crippen LogP contribution in [0.3, 0.4) is 0 Å². The molecule has 2 amide bonds. The van der Waals surface area contributed by atoms with Crippen molar-refractivity contribution in [1.82, 2.24) is 5.32 Å². The topological polar surface area (TPSA) is 58.2 Å². The molecule has 0 radical (unpaired) electrons. The predicted octanol–water partition coefficient (Wildman–Crippen LogP) is 4.90. The Hall–Kier alpha value is -2.33. The zero-order valence-corrected chi connectivity index (χ0v) is 16.7. The second-order valence-electron chi connectivity index (χ2n) is 8.40. The molecule has 0 heterocycles. The van der Waals surface area contributed by atoms with Crippen molar-refractivity contribution in [3.8, 4) is 0 Å². The van der Waals surface area contributed by atoms with Gasteiger partial charge in [-0.05, 0) is 73.4 Å². The average Bonchev–Trinajstić information content (AvgIpc) is 2.64. The number of nitrogens with one attached hydrogen (secondary N) is 2. The van der Waals surface area contributed by atoms with Crippen molar-refractivity contribution in [3.63, 3.8) is 0 Å². The number of rotatable bonds is 5. The molecule has 2 saturated carbocycles. The van der Waals surface area contributed by atoms with Crippen LogP contribution in [0.5, 0.6) is 0 Å². The van der Waals surface area contributed by atoms with Gasteiger partial charge in [0.25, 0.3) is 5.91 Å². The van der Waals surface area contributed by atoms with E-state index in [2.05, 4.69) is 10.6 Å². The summed E-state index contributed by atoms with van der Waals surface area (Å²) < 4.78 is 0. The monoisotopic (exact) mass is 396 g/mol.